The monoisotopic (exact) mass is 248 g/mol. The van der Waals surface area contributed by atoms with Crippen molar-refractivity contribution in [1.29, 1.82) is 0 Å². The summed E-state index contributed by atoms with van der Waals surface area (Å²) in [5, 5.41) is 9.01. The molecule has 2 N–H and O–H groups in total. The number of ether oxygens (including phenoxy) is 2. The highest BCUT2D eigenvalue weighted by Crippen LogP contribution is 2.34. The number of nitrogens with zero attached hydrogens (tertiary/aromatic N) is 1. The molecule has 0 radical (unpaired) electrons. The normalized spacial score (nSPS) is 10.4. The molecule has 1 heterocycles. The zero-order valence-electron chi connectivity index (χ0n) is 10.7. The summed E-state index contributed by atoms with van der Waals surface area (Å²) in [6, 6.07) is 3.80. The fourth-order valence-electron chi connectivity index (χ4n) is 1.85. The molecule has 2 rings (SSSR count). The number of aromatic amines is 1. The minimum Gasteiger partial charge on any atom is -0.493 e. The third-order valence-electron chi connectivity index (χ3n) is 2.80. The highest BCUT2D eigenvalue weighted by Gasteiger charge is 2.11. The van der Waals surface area contributed by atoms with E-state index >= 15 is 0 Å². The molecule has 0 aliphatic heterocycles. The van der Waals surface area contributed by atoms with E-state index in [1.165, 1.54) is 0 Å². The molecule has 2 aromatic rings. The van der Waals surface area contributed by atoms with Crippen LogP contribution in [0.2, 0.25) is 0 Å². The Bertz CT molecular complexity index is 549. The van der Waals surface area contributed by atoms with Crippen molar-refractivity contribution in [1.82, 2.24) is 9.97 Å². The number of nitrogens with one attached hydrogen (secondary N) is 1. The quantitative estimate of drug-likeness (QED) is 0.867. The van der Waals surface area contributed by atoms with E-state index in [4.69, 9.17) is 14.6 Å². The number of aryl methyl sites for hydroxylation is 1. The third-order valence-corrected chi connectivity index (χ3v) is 2.80. The fourth-order valence-corrected chi connectivity index (χ4v) is 1.85. The van der Waals surface area contributed by atoms with Crippen LogP contribution >= 0.6 is 0 Å². The highest BCUT2D eigenvalue weighted by molar-refractivity contribution is 5.67. The van der Waals surface area contributed by atoms with Gasteiger partial charge in [-0.3, -0.25) is 0 Å². The van der Waals surface area contributed by atoms with E-state index in [-0.39, 0.29) is 6.61 Å². The zero-order valence-corrected chi connectivity index (χ0v) is 10.7. The van der Waals surface area contributed by atoms with Crippen LogP contribution in [0.25, 0.3) is 11.3 Å². The molecular weight excluding hydrogens is 232 g/mol. The second kappa shape index (κ2) is 5.10. The van der Waals surface area contributed by atoms with Gasteiger partial charge in [0.05, 0.1) is 26.1 Å². The molecule has 0 spiro atoms. The summed E-state index contributed by atoms with van der Waals surface area (Å²) in [7, 11) is 3.21. The maximum absolute atomic E-state index is 9.01. The number of aliphatic hydroxyl groups excluding tert-OH is 1. The van der Waals surface area contributed by atoms with Crippen LogP contribution in [0.1, 0.15) is 11.4 Å². The van der Waals surface area contributed by atoms with E-state index in [0.717, 1.165) is 16.8 Å². The Morgan fingerprint density at radius 2 is 1.89 bits per heavy atom. The smallest absolute Gasteiger partial charge is 0.161 e. The van der Waals surface area contributed by atoms with Gasteiger partial charge in [0, 0.05) is 5.56 Å². The topological polar surface area (TPSA) is 67.4 Å². The SMILES string of the molecule is COc1cc(C)c(-c2cnc(CO)[nH]2)cc1OC. The van der Waals surface area contributed by atoms with Gasteiger partial charge in [-0.2, -0.15) is 0 Å². The van der Waals surface area contributed by atoms with Crippen LogP contribution in [0.5, 0.6) is 11.5 Å². The Kier molecular flexibility index (Phi) is 3.53. The number of aliphatic hydroxyl groups is 1. The Morgan fingerprint density at radius 1 is 1.22 bits per heavy atom. The maximum Gasteiger partial charge on any atom is 0.161 e. The predicted octanol–water partition coefficient (Wildman–Crippen LogP) is 1.89. The molecule has 0 amide bonds. The molecule has 0 atom stereocenters. The summed E-state index contributed by atoms with van der Waals surface area (Å²) in [6.45, 7) is 1.88. The first-order chi connectivity index (χ1) is 8.69. The molecule has 96 valence electrons. The van der Waals surface area contributed by atoms with Crippen molar-refractivity contribution >= 4 is 0 Å². The maximum atomic E-state index is 9.01. The van der Waals surface area contributed by atoms with Crippen LogP contribution in [-0.2, 0) is 6.61 Å². The van der Waals surface area contributed by atoms with Crippen LogP contribution in [0.3, 0.4) is 0 Å². The van der Waals surface area contributed by atoms with Crippen molar-refractivity contribution in [2.75, 3.05) is 14.2 Å². The summed E-state index contributed by atoms with van der Waals surface area (Å²) in [5.41, 5.74) is 2.86. The molecular formula is C13H16N2O3. The number of H-pyrrole nitrogens is 1. The molecule has 0 saturated carbocycles. The van der Waals surface area contributed by atoms with Gasteiger partial charge in [-0.05, 0) is 24.6 Å². The standard InChI is InChI=1S/C13H16N2O3/c1-8-4-11(17-2)12(18-3)5-9(8)10-6-14-13(7-16)15-10/h4-6,16H,7H2,1-3H3,(H,14,15). The van der Waals surface area contributed by atoms with Crippen molar-refractivity contribution in [3.05, 3.63) is 29.7 Å². The van der Waals surface area contributed by atoms with Crippen molar-refractivity contribution in [3.63, 3.8) is 0 Å². The highest BCUT2D eigenvalue weighted by atomic mass is 16.5. The average molecular weight is 248 g/mol. The first-order valence-electron chi connectivity index (χ1n) is 5.57. The van der Waals surface area contributed by atoms with E-state index in [1.807, 2.05) is 19.1 Å². The van der Waals surface area contributed by atoms with Gasteiger partial charge in [0.15, 0.2) is 11.5 Å². The van der Waals surface area contributed by atoms with Gasteiger partial charge in [0.25, 0.3) is 0 Å². The van der Waals surface area contributed by atoms with Gasteiger partial charge in [-0.15, -0.1) is 0 Å². The van der Waals surface area contributed by atoms with Gasteiger partial charge in [-0.1, -0.05) is 0 Å². The molecule has 0 aliphatic carbocycles. The lowest BCUT2D eigenvalue weighted by Crippen LogP contribution is -1.93. The van der Waals surface area contributed by atoms with E-state index in [1.54, 1.807) is 20.4 Å². The lowest BCUT2D eigenvalue weighted by atomic mass is 10.1. The summed E-state index contributed by atoms with van der Waals surface area (Å²) in [4.78, 5) is 7.12. The second-order valence-corrected chi connectivity index (χ2v) is 3.92. The van der Waals surface area contributed by atoms with Gasteiger partial charge in [-0.25, -0.2) is 4.98 Å². The molecule has 1 aromatic carbocycles. The predicted molar refractivity (Wildman–Crippen MR) is 67.8 cm³/mol. The number of hydrogen-bond donors (Lipinski definition) is 2. The molecule has 18 heavy (non-hydrogen) atoms. The number of aromatic nitrogens is 2. The van der Waals surface area contributed by atoms with Gasteiger partial charge >= 0.3 is 0 Å². The Hall–Kier alpha value is -2.01. The van der Waals surface area contributed by atoms with E-state index in [9.17, 15) is 0 Å². The number of imidazole rings is 1. The minimum absolute atomic E-state index is 0.105. The second-order valence-electron chi connectivity index (χ2n) is 3.92. The number of rotatable bonds is 4. The molecule has 0 unspecified atom stereocenters. The Morgan fingerprint density at radius 3 is 2.44 bits per heavy atom. The van der Waals surface area contributed by atoms with Crippen molar-refractivity contribution in [2.24, 2.45) is 0 Å². The summed E-state index contributed by atoms with van der Waals surface area (Å²) in [6.07, 6.45) is 1.69. The van der Waals surface area contributed by atoms with Crippen LogP contribution in [-0.4, -0.2) is 29.3 Å². The van der Waals surface area contributed by atoms with E-state index in [2.05, 4.69) is 9.97 Å². The van der Waals surface area contributed by atoms with Gasteiger partial charge < -0.3 is 19.6 Å². The molecule has 0 aliphatic rings. The molecule has 0 saturated heterocycles. The average Bonchev–Trinajstić information content (AvgIpc) is 2.86. The van der Waals surface area contributed by atoms with E-state index in [0.29, 0.717) is 17.3 Å². The minimum atomic E-state index is -0.105. The zero-order chi connectivity index (χ0) is 13.1. The van der Waals surface area contributed by atoms with Gasteiger partial charge in [0.2, 0.25) is 0 Å². The summed E-state index contributed by atoms with van der Waals surface area (Å²) in [5.74, 6) is 1.90. The lowest BCUT2D eigenvalue weighted by molar-refractivity contribution is 0.272. The van der Waals surface area contributed by atoms with Crippen molar-refractivity contribution in [2.45, 2.75) is 13.5 Å². The van der Waals surface area contributed by atoms with Crippen molar-refractivity contribution < 1.29 is 14.6 Å². The Balaban J connectivity index is 2.50. The molecule has 1 aromatic heterocycles. The van der Waals surface area contributed by atoms with Crippen LogP contribution in [0.4, 0.5) is 0 Å². The molecule has 0 bridgehead atoms. The summed E-state index contributed by atoms with van der Waals surface area (Å²) >= 11 is 0. The molecule has 5 heteroatoms. The largest absolute Gasteiger partial charge is 0.493 e. The number of benzene rings is 1. The first kappa shape index (κ1) is 12.4. The van der Waals surface area contributed by atoms with Crippen molar-refractivity contribution in [3.8, 4) is 22.8 Å². The summed E-state index contributed by atoms with van der Waals surface area (Å²) < 4.78 is 10.5. The van der Waals surface area contributed by atoms with Gasteiger partial charge in [0.1, 0.15) is 12.4 Å². The number of hydrogen-bond acceptors (Lipinski definition) is 4. The molecule has 0 fully saturated rings. The first-order valence-corrected chi connectivity index (χ1v) is 5.57. The fraction of sp³-hybridized carbons (Fsp3) is 0.308. The van der Waals surface area contributed by atoms with E-state index < -0.39 is 0 Å². The van der Waals surface area contributed by atoms with Crippen LogP contribution in [0.15, 0.2) is 18.3 Å². The third kappa shape index (κ3) is 2.17. The van der Waals surface area contributed by atoms with Crippen LogP contribution in [0, 0.1) is 6.92 Å². The lowest BCUT2D eigenvalue weighted by Gasteiger charge is -2.11. The molecule has 5 nitrogen and oxygen atoms in total. The van der Waals surface area contributed by atoms with Crippen LogP contribution < -0.4 is 9.47 Å². The number of methoxy groups -OCH3 is 2. The Labute approximate surface area is 105 Å².